The van der Waals surface area contributed by atoms with Crippen molar-refractivity contribution in [3.8, 4) is 17.1 Å². The number of halogens is 4. The minimum atomic E-state index is -5.16. The molecule has 0 unspecified atom stereocenters. The van der Waals surface area contributed by atoms with Gasteiger partial charge in [0.05, 0.1) is 16.3 Å². The molecule has 0 radical (unpaired) electrons. The molecule has 0 aliphatic heterocycles. The number of imidazole rings is 1. The van der Waals surface area contributed by atoms with Crippen LogP contribution in [0.15, 0.2) is 48.7 Å². The number of aromatic amines is 1. The quantitative estimate of drug-likeness (QED) is 0.247. The number of para-hydroxylation sites is 1. The van der Waals surface area contributed by atoms with Crippen LogP contribution in [0.3, 0.4) is 0 Å². The minimum absolute atomic E-state index is 0.119. The van der Waals surface area contributed by atoms with Crippen molar-refractivity contribution in [3.05, 3.63) is 64.8 Å². The van der Waals surface area contributed by atoms with Gasteiger partial charge in [0.15, 0.2) is 5.65 Å². The smallest absolute Gasteiger partial charge is 0.418 e. The van der Waals surface area contributed by atoms with E-state index in [0.29, 0.717) is 22.4 Å². The van der Waals surface area contributed by atoms with E-state index >= 15 is 0 Å². The number of H-pyrrole nitrogens is 1. The molecule has 4 aromatic rings. The summed E-state index contributed by atoms with van der Waals surface area (Å²) in [5, 5.41) is 2.99. The highest BCUT2D eigenvalue weighted by Gasteiger charge is 2.41. The molecule has 0 saturated carbocycles. The highest BCUT2D eigenvalue weighted by atomic mass is 35.5. The molecule has 12 heteroatoms. The number of anilines is 2. The number of carbonyl (C=O) groups is 2. The Hall–Kier alpha value is -4.12. The van der Waals surface area contributed by atoms with E-state index in [9.17, 15) is 22.8 Å². The van der Waals surface area contributed by atoms with Gasteiger partial charge in [0.2, 0.25) is 0 Å². The monoisotopic (exact) mass is 503 g/mol. The number of benzene rings is 2. The summed E-state index contributed by atoms with van der Waals surface area (Å²) in [6.07, 6.45) is -3.11. The van der Waals surface area contributed by atoms with E-state index < -0.39 is 23.8 Å². The molecule has 4 N–H and O–H groups in total. The number of hydrogen-bond donors (Lipinski definition) is 3. The zero-order valence-electron chi connectivity index (χ0n) is 18.0. The number of rotatable bonds is 6. The van der Waals surface area contributed by atoms with E-state index in [-0.39, 0.29) is 16.4 Å². The van der Waals surface area contributed by atoms with Gasteiger partial charge in [0, 0.05) is 17.4 Å². The molecule has 35 heavy (non-hydrogen) atoms. The Morgan fingerprint density at radius 2 is 1.94 bits per heavy atom. The Bertz CT molecular complexity index is 1450. The summed E-state index contributed by atoms with van der Waals surface area (Å²) in [6.45, 7) is 1.99. The van der Waals surface area contributed by atoms with E-state index in [1.54, 1.807) is 0 Å². The number of aromatic nitrogens is 3. The summed E-state index contributed by atoms with van der Waals surface area (Å²) in [5.41, 5.74) is 8.79. The number of carbonyl (C=O) groups excluding carboxylic acids is 2. The first-order chi connectivity index (χ1) is 16.6. The van der Waals surface area contributed by atoms with E-state index in [2.05, 4.69) is 25.0 Å². The van der Waals surface area contributed by atoms with Crippen LogP contribution >= 0.6 is 11.6 Å². The second-order valence-electron chi connectivity index (χ2n) is 7.36. The van der Waals surface area contributed by atoms with E-state index in [1.165, 1.54) is 18.3 Å². The molecule has 0 aliphatic rings. The summed E-state index contributed by atoms with van der Waals surface area (Å²) in [7, 11) is 0. The maximum Gasteiger partial charge on any atom is 0.491 e. The molecule has 2 aromatic carbocycles. The van der Waals surface area contributed by atoms with Crippen molar-refractivity contribution in [1.82, 2.24) is 15.0 Å². The molecule has 0 atom stereocenters. The molecule has 8 nitrogen and oxygen atoms in total. The third kappa shape index (κ3) is 4.90. The number of pyridine rings is 1. The van der Waals surface area contributed by atoms with Crippen LogP contribution in [-0.2, 0) is 11.2 Å². The van der Waals surface area contributed by atoms with Crippen molar-refractivity contribution in [1.29, 1.82) is 0 Å². The zero-order chi connectivity index (χ0) is 25.3. The maximum absolute atomic E-state index is 12.5. The third-order valence-electron chi connectivity index (χ3n) is 5.08. The molecule has 4 rings (SSSR count). The van der Waals surface area contributed by atoms with Crippen LogP contribution in [0.4, 0.5) is 24.5 Å². The topological polar surface area (TPSA) is 123 Å². The van der Waals surface area contributed by atoms with Gasteiger partial charge in [-0.05, 0) is 36.2 Å². The predicted molar refractivity (Wildman–Crippen MR) is 124 cm³/mol. The summed E-state index contributed by atoms with van der Waals surface area (Å²) in [4.78, 5) is 34.9. The highest BCUT2D eigenvalue weighted by Crippen LogP contribution is 2.34. The van der Waals surface area contributed by atoms with Crippen LogP contribution in [0.25, 0.3) is 22.6 Å². The lowest BCUT2D eigenvalue weighted by atomic mass is 10.1. The van der Waals surface area contributed by atoms with E-state index in [1.807, 2.05) is 31.2 Å². The van der Waals surface area contributed by atoms with Crippen molar-refractivity contribution in [3.63, 3.8) is 0 Å². The Balaban J connectivity index is 1.76. The number of alkyl halides is 3. The number of nitrogens with zero attached hydrogens (tertiary/aromatic N) is 2. The lowest BCUT2D eigenvalue weighted by molar-refractivity contribution is -0.189. The van der Waals surface area contributed by atoms with Crippen molar-refractivity contribution < 1.29 is 27.5 Å². The molecule has 0 saturated heterocycles. The van der Waals surface area contributed by atoms with Crippen LogP contribution in [0.5, 0.6) is 5.75 Å². The number of amides is 1. The number of ether oxygens (including phenoxy) is 1. The van der Waals surface area contributed by atoms with E-state index in [0.717, 1.165) is 23.7 Å². The molecular weight excluding hydrogens is 487 g/mol. The Morgan fingerprint density at radius 1 is 1.20 bits per heavy atom. The average Bonchev–Trinajstić information content (AvgIpc) is 3.25. The second kappa shape index (κ2) is 9.26. The number of primary amides is 1. The molecule has 0 spiro atoms. The molecule has 1 amide bonds. The molecule has 2 heterocycles. The van der Waals surface area contributed by atoms with Crippen LogP contribution in [-0.4, -0.2) is 33.0 Å². The van der Waals surface area contributed by atoms with Gasteiger partial charge in [-0.1, -0.05) is 36.7 Å². The molecule has 0 bridgehead atoms. The first-order valence-electron chi connectivity index (χ1n) is 10.2. The average molecular weight is 504 g/mol. The normalized spacial score (nSPS) is 11.5. The lowest BCUT2D eigenvalue weighted by Gasteiger charge is -2.13. The van der Waals surface area contributed by atoms with Crippen LogP contribution in [0, 0.1) is 0 Å². The lowest BCUT2D eigenvalue weighted by Crippen LogP contribution is -2.28. The summed E-state index contributed by atoms with van der Waals surface area (Å²) in [6, 6.07) is 11.3. The fourth-order valence-corrected chi connectivity index (χ4v) is 3.60. The van der Waals surface area contributed by atoms with Gasteiger partial charge in [0.1, 0.15) is 17.1 Å². The molecule has 2 aromatic heterocycles. The van der Waals surface area contributed by atoms with Gasteiger partial charge in [0.25, 0.3) is 5.91 Å². The van der Waals surface area contributed by atoms with Gasteiger partial charge >= 0.3 is 12.1 Å². The Morgan fingerprint density at radius 3 is 2.60 bits per heavy atom. The van der Waals surface area contributed by atoms with Crippen molar-refractivity contribution in [2.45, 2.75) is 19.5 Å². The van der Waals surface area contributed by atoms with Crippen LogP contribution < -0.4 is 15.8 Å². The van der Waals surface area contributed by atoms with Crippen LogP contribution in [0.2, 0.25) is 5.02 Å². The van der Waals surface area contributed by atoms with Crippen molar-refractivity contribution >= 4 is 46.0 Å². The molecule has 0 fully saturated rings. The number of aryl methyl sites for hydroxylation is 1. The fourth-order valence-electron chi connectivity index (χ4n) is 3.38. The maximum atomic E-state index is 12.5. The van der Waals surface area contributed by atoms with E-state index in [4.69, 9.17) is 17.3 Å². The number of nitrogens with two attached hydrogens (primary N) is 1. The van der Waals surface area contributed by atoms with Crippen LogP contribution in [0.1, 0.15) is 22.8 Å². The summed E-state index contributed by atoms with van der Waals surface area (Å²) in [5.74, 6) is -3.29. The number of fused-ring (bicyclic) bond motifs is 1. The second-order valence-corrected chi connectivity index (χ2v) is 7.77. The number of esters is 1. The Labute approximate surface area is 201 Å². The first-order valence-corrected chi connectivity index (χ1v) is 10.6. The standard InChI is InChI=1S/C23H17ClF3N5O3/c1-2-11-5-3-4-6-15(11)30-17-13(19(28)33)10-29-21-18(17)31-20(32-21)12-7-8-16(14(24)9-12)35-22(34)23(25,26)27/h3-10H,2H2,1H3,(H2,28,33)(H2,29,30,31,32). The van der Waals surface area contributed by atoms with Gasteiger partial charge in [-0.3, -0.25) is 4.79 Å². The largest absolute Gasteiger partial charge is 0.491 e. The number of hydrogen-bond acceptors (Lipinski definition) is 6. The van der Waals surface area contributed by atoms with Gasteiger partial charge in [-0.15, -0.1) is 0 Å². The SMILES string of the molecule is CCc1ccccc1Nc1c(C(N)=O)cnc2[nH]c(-c3ccc(OC(=O)C(F)(F)F)c(Cl)c3)nc12. The zero-order valence-corrected chi connectivity index (χ0v) is 18.8. The highest BCUT2D eigenvalue weighted by molar-refractivity contribution is 6.32. The fraction of sp³-hybridized carbons (Fsp3) is 0.130. The first kappa shape index (κ1) is 24.0. The van der Waals surface area contributed by atoms with Gasteiger partial charge in [-0.2, -0.15) is 13.2 Å². The molecular formula is C23H17ClF3N5O3. The summed E-state index contributed by atoms with van der Waals surface area (Å²) < 4.78 is 41.8. The minimum Gasteiger partial charge on any atom is -0.418 e. The van der Waals surface area contributed by atoms with Gasteiger partial charge < -0.3 is 20.8 Å². The number of nitrogens with one attached hydrogen (secondary N) is 2. The molecule has 0 aliphatic carbocycles. The summed E-state index contributed by atoms with van der Waals surface area (Å²) >= 11 is 6.04. The predicted octanol–water partition coefficient (Wildman–Crippen LogP) is 5.15. The Kier molecular flexibility index (Phi) is 6.35. The van der Waals surface area contributed by atoms with Gasteiger partial charge in [-0.25, -0.2) is 14.8 Å². The van der Waals surface area contributed by atoms with Crippen molar-refractivity contribution in [2.24, 2.45) is 5.73 Å². The van der Waals surface area contributed by atoms with Crippen molar-refractivity contribution in [2.75, 3.05) is 5.32 Å². The molecule has 180 valence electrons. The third-order valence-corrected chi connectivity index (χ3v) is 5.37.